The van der Waals surface area contributed by atoms with Gasteiger partial charge in [0, 0.05) is 6.20 Å². The number of nitrogens with zero attached hydrogens (tertiary/aromatic N) is 1. The average Bonchev–Trinajstić information content (AvgIpc) is 2.04. The smallest absolute Gasteiger partial charge is 0.250 e. The van der Waals surface area contributed by atoms with Gasteiger partial charge in [0.2, 0.25) is 11.8 Å². The summed E-state index contributed by atoms with van der Waals surface area (Å²) in [6.07, 6.45) is 1.16. The average molecular weight is 170 g/mol. The Morgan fingerprint density at radius 1 is 1.75 bits per heavy atom. The number of amides is 1. The molecule has 1 rings (SSSR count). The molecule has 0 aliphatic rings. The Labute approximate surface area is 68.2 Å². The number of rotatable bonds is 2. The van der Waals surface area contributed by atoms with E-state index < -0.39 is 11.7 Å². The van der Waals surface area contributed by atoms with Gasteiger partial charge in [-0.2, -0.15) is 0 Å². The van der Waals surface area contributed by atoms with Gasteiger partial charge in [0.05, 0.1) is 12.7 Å². The van der Waals surface area contributed by atoms with E-state index in [2.05, 4.69) is 9.72 Å². The van der Waals surface area contributed by atoms with Crippen LogP contribution >= 0.6 is 0 Å². The summed E-state index contributed by atoms with van der Waals surface area (Å²) in [6, 6.07) is 0.980. The molecule has 0 aromatic carbocycles. The first kappa shape index (κ1) is 8.45. The van der Waals surface area contributed by atoms with Gasteiger partial charge in [-0.15, -0.1) is 0 Å². The van der Waals surface area contributed by atoms with Crippen LogP contribution in [-0.4, -0.2) is 18.0 Å². The van der Waals surface area contributed by atoms with Crippen molar-refractivity contribution in [2.75, 3.05) is 7.11 Å². The van der Waals surface area contributed by atoms with Gasteiger partial charge < -0.3 is 10.5 Å². The molecule has 0 aliphatic carbocycles. The lowest BCUT2D eigenvalue weighted by molar-refractivity contribution is 0.0999. The summed E-state index contributed by atoms with van der Waals surface area (Å²) < 4.78 is 17.4. The van der Waals surface area contributed by atoms with E-state index in [1.54, 1.807) is 0 Å². The second kappa shape index (κ2) is 3.17. The van der Waals surface area contributed by atoms with Crippen molar-refractivity contribution < 1.29 is 13.9 Å². The number of pyridine rings is 1. The first-order valence-electron chi connectivity index (χ1n) is 3.14. The second-order valence-electron chi connectivity index (χ2n) is 2.08. The van der Waals surface area contributed by atoms with E-state index in [4.69, 9.17) is 5.73 Å². The van der Waals surface area contributed by atoms with Crippen LogP contribution in [0.25, 0.3) is 0 Å². The fraction of sp³-hybridized carbons (Fsp3) is 0.143. The van der Waals surface area contributed by atoms with Crippen molar-refractivity contribution in [2.45, 2.75) is 0 Å². The van der Waals surface area contributed by atoms with Crippen molar-refractivity contribution in [3.05, 3.63) is 23.6 Å². The predicted molar refractivity (Wildman–Crippen MR) is 39.3 cm³/mol. The number of carbonyl (C=O) groups is 1. The first-order chi connectivity index (χ1) is 5.65. The van der Waals surface area contributed by atoms with E-state index in [0.29, 0.717) is 0 Å². The molecule has 1 amide bonds. The number of halogens is 1. The summed E-state index contributed by atoms with van der Waals surface area (Å²) in [7, 11) is 1.29. The molecule has 0 fully saturated rings. The first-order valence-corrected chi connectivity index (χ1v) is 3.14. The molecule has 1 aromatic heterocycles. The van der Waals surface area contributed by atoms with Gasteiger partial charge in [-0.1, -0.05) is 0 Å². The zero-order valence-corrected chi connectivity index (χ0v) is 6.37. The zero-order valence-electron chi connectivity index (χ0n) is 6.37. The lowest BCUT2D eigenvalue weighted by Crippen LogP contribution is -2.11. The maximum atomic E-state index is 12.8. The number of aromatic nitrogens is 1. The lowest BCUT2D eigenvalue weighted by Gasteiger charge is -2.00. The Kier molecular flexibility index (Phi) is 2.23. The standard InChI is InChI=1S/C7H7FN2O2/c1-12-7-5(8)2-4(3-10-7)6(9)11/h2-3H,1H3,(H2,9,11). The van der Waals surface area contributed by atoms with Crippen LogP contribution in [0.4, 0.5) is 4.39 Å². The molecule has 5 heteroatoms. The van der Waals surface area contributed by atoms with Gasteiger partial charge in [0.15, 0.2) is 5.82 Å². The highest BCUT2D eigenvalue weighted by Crippen LogP contribution is 2.12. The predicted octanol–water partition coefficient (Wildman–Crippen LogP) is 0.328. The monoisotopic (exact) mass is 170 g/mol. The number of nitrogens with two attached hydrogens (primary N) is 1. The van der Waals surface area contributed by atoms with Crippen LogP contribution < -0.4 is 10.5 Å². The maximum absolute atomic E-state index is 12.8. The highest BCUT2D eigenvalue weighted by atomic mass is 19.1. The number of hydrogen-bond acceptors (Lipinski definition) is 3. The van der Waals surface area contributed by atoms with E-state index in [1.165, 1.54) is 7.11 Å². The third-order valence-corrected chi connectivity index (χ3v) is 1.29. The fourth-order valence-corrected chi connectivity index (χ4v) is 0.710. The van der Waals surface area contributed by atoms with E-state index in [9.17, 15) is 9.18 Å². The number of hydrogen-bond donors (Lipinski definition) is 1. The van der Waals surface area contributed by atoms with Crippen molar-refractivity contribution in [1.82, 2.24) is 4.98 Å². The molecule has 2 N–H and O–H groups in total. The van der Waals surface area contributed by atoms with E-state index in [-0.39, 0.29) is 11.4 Å². The van der Waals surface area contributed by atoms with E-state index >= 15 is 0 Å². The second-order valence-corrected chi connectivity index (χ2v) is 2.08. The third-order valence-electron chi connectivity index (χ3n) is 1.29. The summed E-state index contributed by atoms with van der Waals surface area (Å²) in [6.45, 7) is 0. The number of carbonyl (C=O) groups excluding carboxylic acids is 1. The summed E-state index contributed by atoms with van der Waals surface area (Å²) >= 11 is 0. The molecular weight excluding hydrogens is 163 g/mol. The number of ether oxygens (including phenoxy) is 1. The Morgan fingerprint density at radius 2 is 2.42 bits per heavy atom. The number of primary amides is 1. The van der Waals surface area contributed by atoms with Gasteiger partial charge in [0.25, 0.3) is 0 Å². The normalized spacial score (nSPS) is 9.50. The van der Waals surface area contributed by atoms with Gasteiger partial charge in [-0.05, 0) is 6.07 Å². The molecule has 0 radical (unpaired) electrons. The summed E-state index contributed by atoms with van der Waals surface area (Å²) in [5.74, 6) is -1.57. The molecule has 0 atom stereocenters. The molecular formula is C7H7FN2O2. The number of methoxy groups -OCH3 is 1. The molecule has 64 valence electrons. The van der Waals surface area contributed by atoms with E-state index in [1.807, 2.05) is 0 Å². The zero-order chi connectivity index (χ0) is 9.14. The van der Waals surface area contributed by atoms with Gasteiger partial charge in [-0.3, -0.25) is 4.79 Å². The van der Waals surface area contributed by atoms with Crippen molar-refractivity contribution in [2.24, 2.45) is 5.73 Å². The molecule has 1 heterocycles. The molecule has 12 heavy (non-hydrogen) atoms. The minimum atomic E-state index is -0.718. The Hall–Kier alpha value is -1.65. The van der Waals surface area contributed by atoms with Crippen LogP contribution in [0.15, 0.2) is 12.3 Å². The minimum Gasteiger partial charge on any atom is -0.479 e. The van der Waals surface area contributed by atoms with Crippen LogP contribution in [0.2, 0.25) is 0 Å². The van der Waals surface area contributed by atoms with Crippen LogP contribution in [0.3, 0.4) is 0 Å². The van der Waals surface area contributed by atoms with Gasteiger partial charge in [0.1, 0.15) is 0 Å². The quantitative estimate of drug-likeness (QED) is 0.695. The minimum absolute atomic E-state index is 0.0216. The summed E-state index contributed by atoms with van der Waals surface area (Å²) in [5.41, 5.74) is 4.91. The van der Waals surface area contributed by atoms with Crippen molar-refractivity contribution in [1.29, 1.82) is 0 Å². The highest BCUT2D eigenvalue weighted by molar-refractivity contribution is 5.92. The molecule has 0 spiro atoms. The molecule has 1 aromatic rings. The Morgan fingerprint density at radius 3 is 2.83 bits per heavy atom. The van der Waals surface area contributed by atoms with E-state index in [0.717, 1.165) is 12.3 Å². The van der Waals surface area contributed by atoms with Crippen LogP contribution in [0.1, 0.15) is 10.4 Å². The molecule has 0 bridgehead atoms. The van der Waals surface area contributed by atoms with Gasteiger partial charge in [-0.25, -0.2) is 9.37 Å². The van der Waals surface area contributed by atoms with Crippen LogP contribution in [-0.2, 0) is 0 Å². The summed E-state index contributed by atoms with van der Waals surface area (Å²) in [5, 5.41) is 0. The van der Waals surface area contributed by atoms with Crippen molar-refractivity contribution in [3.8, 4) is 5.88 Å². The van der Waals surface area contributed by atoms with Crippen LogP contribution in [0, 0.1) is 5.82 Å². The topological polar surface area (TPSA) is 65.2 Å². The third kappa shape index (κ3) is 1.50. The Bertz CT molecular complexity index is 314. The summed E-state index contributed by atoms with van der Waals surface area (Å²) in [4.78, 5) is 14.0. The van der Waals surface area contributed by atoms with Crippen molar-refractivity contribution >= 4 is 5.91 Å². The Balaban J connectivity index is 3.10. The van der Waals surface area contributed by atoms with Gasteiger partial charge >= 0.3 is 0 Å². The lowest BCUT2D eigenvalue weighted by atomic mass is 10.3. The molecule has 0 saturated heterocycles. The SMILES string of the molecule is COc1ncc(C(N)=O)cc1F. The largest absolute Gasteiger partial charge is 0.479 e. The van der Waals surface area contributed by atoms with Crippen molar-refractivity contribution in [3.63, 3.8) is 0 Å². The molecule has 0 aliphatic heterocycles. The molecule has 4 nitrogen and oxygen atoms in total. The maximum Gasteiger partial charge on any atom is 0.250 e. The fourth-order valence-electron chi connectivity index (χ4n) is 0.710. The highest BCUT2D eigenvalue weighted by Gasteiger charge is 2.07. The van der Waals surface area contributed by atoms with Crippen LogP contribution in [0.5, 0.6) is 5.88 Å². The molecule has 0 saturated carbocycles. The molecule has 0 unspecified atom stereocenters.